The maximum atomic E-state index is 6.07. The topological polar surface area (TPSA) is 50.9 Å². The number of aliphatic imine (C=N–C) groups is 1. The Morgan fingerprint density at radius 1 is 1.24 bits per heavy atom. The minimum Gasteiger partial charge on any atom is -0.496 e. The first-order valence-electron chi connectivity index (χ1n) is 6.68. The molecule has 3 rings (SSSR count). The highest BCUT2D eigenvalue weighted by Gasteiger charge is 2.29. The number of hydrogen-bond donors (Lipinski definition) is 1. The van der Waals surface area contributed by atoms with Gasteiger partial charge in [0, 0.05) is 5.69 Å². The molecule has 4 nitrogen and oxygen atoms in total. The molecule has 21 heavy (non-hydrogen) atoms. The predicted molar refractivity (Wildman–Crippen MR) is 88.8 cm³/mol. The zero-order valence-electron chi connectivity index (χ0n) is 11.7. The number of nitrogens with two attached hydrogens (primary N) is 1. The normalized spacial score (nSPS) is 17.7. The molecule has 2 N–H and O–H groups in total. The van der Waals surface area contributed by atoms with Gasteiger partial charge in [-0.2, -0.15) is 0 Å². The van der Waals surface area contributed by atoms with Crippen molar-refractivity contribution >= 4 is 27.6 Å². The quantitative estimate of drug-likeness (QED) is 0.928. The summed E-state index contributed by atoms with van der Waals surface area (Å²) >= 11 is 3.53. The van der Waals surface area contributed by atoms with Crippen molar-refractivity contribution in [1.29, 1.82) is 0 Å². The summed E-state index contributed by atoms with van der Waals surface area (Å²) in [5, 5.41) is 0. The van der Waals surface area contributed by atoms with Gasteiger partial charge >= 0.3 is 0 Å². The Morgan fingerprint density at radius 2 is 2.00 bits per heavy atom. The van der Waals surface area contributed by atoms with Crippen LogP contribution in [-0.4, -0.2) is 19.6 Å². The fraction of sp³-hybridized carbons (Fsp3) is 0.188. The van der Waals surface area contributed by atoms with Gasteiger partial charge < -0.3 is 15.4 Å². The van der Waals surface area contributed by atoms with E-state index in [2.05, 4.69) is 38.0 Å². The minimum absolute atomic E-state index is 0.106. The lowest BCUT2D eigenvalue weighted by molar-refractivity contribution is 0.412. The molecular formula is C16H16BrN3O. The third-order valence-electron chi connectivity index (χ3n) is 3.58. The molecule has 1 atom stereocenters. The van der Waals surface area contributed by atoms with Gasteiger partial charge in [-0.15, -0.1) is 0 Å². The smallest absolute Gasteiger partial charge is 0.196 e. The van der Waals surface area contributed by atoms with Crippen LogP contribution in [0, 0.1) is 0 Å². The lowest BCUT2D eigenvalue weighted by atomic mass is 10.1. The Kier molecular flexibility index (Phi) is 3.84. The molecule has 0 spiro atoms. The van der Waals surface area contributed by atoms with Crippen LogP contribution in [0.2, 0.25) is 0 Å². The average molecular weight is 346 g/mol. The number of rotatable bonds is 3. The van der Waals surface area contributed by atoms with Crippen molar-refractivity contribution in [3.05, 3.63) is 58.6 Å². The van der Waals surface area contributed by atoms with Crippen molar-refractivity contribution in [2.75, 3.05) is 18.6 Å². The van der Waals surface area contributed by atoms with E-state index >= 15 is 0 Å². The second-order valence-corrected chi connectivity index (χ2v) is 5.67. The van der Waals surface area contributed by atoms with Crippen molar-refractivity contribution in [3.8, 4) is 5.75 Å². The number of para-hydroxylation sites is 1. The molecule has 1 aliphatic heterocycles. The summed E-state index contributed by atoms with van der Waals surface area (Å²) in [4.78, 5) is 6.46. The van der Waals surface area contributed by atoms with Crippen molar-refractivity contribution in [1.82, 2.24) is 0 Å². The lowest BCUT2D eigenvalue weighted by Crippen LogP contribution is -2.36. The van der Waals surface area contributed by atoms with Gasteiger partial charge in [0.15, 0.2) is 5.96 Å². The largest absolute Gasteiger partial charge is 0.496 e. The van der Waals surface area contributed by atoms with Crippen molar-refractivity contribution in [2.24, 2.45) is 10.7 Å². The minimum atomic E-state index is 0.106. The van der Waals surface area contributed by atoms with E-state index in [4.69, 9.17) is 10.5 Å². The molecule has 0 radical (unpaired) electrons. The number of halogens is 1. The standard InChI is InChI=1S/C16H16BrN3O/c1-21-15-8-7-11(9-13(15)17)14-10-19-16(18)20(14)12-5-3-2-4-6-12/h2-9,14H,10H2,1H3,(H2,18,19). The van der Waals surface area contributed by atoms with E-state index in [0.29, 0.717) is 12.5 Å². The molecule has 108 valence electrons. The molecule has 0 aliphatic carbocycles. The Hall–Kier alpha value is -2.01. The first kappa shape index (κ1) is 13.9. The number of guanidine groups is 1. The molecule has 2 aromatic carbocycles. The second-order valence-electron chi connectivity index (χ2n) is 4.81. The maximum absolute atomic E-state index is 6.07. The molecule has 0 fully saturated rings. The fourth-order valence-electron chi connectivity index (χ4n) is 2.54. The molecule has 5 heteroatoms. The van der Waals surface area contributed by atoms with Crippen LogP contribution in [0.15, 0.2) is 58.0 Å². The van der Waals surface area contributed by atoms with Crippen molar-refractivity contribution < 1.29 is 4.74 Å². The summed E-state index contributed by atoms with van der Waals surface area (Å²) in [6.07, 6.45) is 0. The Morgan fingerprint density at radius 3 is 2.67 bits per heavy atom. The molecule has 0 saturated carbocycles. The maximum Gasteiger partial charge on any atom is 0.196 e. The second kappa shape index (κ2) is 5.77. The van der Waals surface area contributed by atoms with E-state index < -0.39 is 0 Å². The van der Waals surface area contributed by atoms with Gasteiger partial charge in [0.25, 0.3) is 0 Å². The Balaban J connectivity index is 1.97. The number of benzene rings is 2. The van der Waals surface area contributed by atoms with Crippen LogP contribution >= 0.6 is 15.9 Å². The van der Waals surface area contributed by atoms with Gasteiger partial charge in [-0.25, -0.2) is 0 Å². The highest BCUT2D eigenvalue weighted by Crippen LogP contribution is 2.34. The molecule has 2 aromatic rings. The van der Waals surface area contributed by atoms with E-state index in [1.165, 1.54) is 0 Å². The fourth-order valence-corrected chi connectivity index (χ4v) is 3.10. The zero-order chi connectivity index (χ0) is 14.8. The zero-order valence-corrected chi connectivity index (χ0v) is 13.2. The number of nitrogens with zero attached hydrogens (tertiary/aromatic N) is 2. The number of ether oxygens (including phenoxy) is 1. The van der Waals surface area contributed by atoms with Crippen LogP contribution in [0.5, 0.6) is 5.75 Å². The molecule has 0 saturated heterocycles. The Bertz CT molecular complexity index is 672. The summed E-state index contributed by atoms with van der Waals surface area (Å²) < 4.78 is 6.21. The molecule has 1 aliphatic rings. The van der Waals surface area contributed by atoms with Gasteiger partial charge in [0.2, 0.25) is 0 Å². The van der Waals surface area contributed by atoms with Gasteiger partial charge in [-0.1, -0.05) is 24.3 Å². The van der Waals surface area contributed by atoms with Crippen molar-refractivity contribution in [2.45, 2.75) is 6.04 Å². The van der Waals surface area contributed by atoms with Crippen LogP contribution in [0.4, 0.5) is 5.69 Å². The molecular weight excluding hydrogens is 330 g/mol. The van der Waals surface area contributed by atoms with E-state index in [0.717, 1.165) is 21.5 Å². The molecule has 1 heterocycles. The highest BCUT2D eigenvalue weighted by atomic mass is 79.9. The number of anilines is 1. The van der Waals surface area contributed by atoms with Gasteiger partial charge in [0.05, 0.1) is 24.2 Å². The average Bonchev–Trinajstić information content (AvgIpc) is 2.90. The summed E-state index contributed by atoms with van der Waals surface area (Å²) in [5.74, 6) is 1.37. The summed E-state index contributed by atoms with van der Waals surface area (Å²) in [7, 11) is 1.66. The van der Waals surface area contributed by atoms with Crippen LogP contribution in [0.3, 0.4) is 0 Å². The molecule has 1 unspecified atom stereocenters. The molecule has 0 amide bonds. The summed E-state index contributed by atoms with van der Waals surface area (Å²) in [5.41, 5.74) is 8.27. The molecule has 0 bridgehead atoms. The lowest BCUT2D eigenvalue weighted by Gasteiger charge is -2.27. The predicted octanol–water partition coefficient (Wildman–Crippen LogP) is 3.33. The number of hydrogen-bond acceptors (Lipinski definition) is 4. The molecule has 0 aromatic heterocycles. The van der Waals surface area contributed by atoms with Crippen LogP contribution < -0.4 is 15.4 Å². The highest BCUT2D eigenvalue weighted by molar-refractivity contribution is 9.10. The summed E-state index contributed by atoms with van der Waals surface area (Å²) in [6.45, 7) is 0.652. The van der Waals surface area contributed by atoms with E-state index in [1.54, 1.807) is 7.11 Å². The first-order valence-corrected chi connectivity index (χ1v) is 7.47. The number of methoxy groups -OCH3 is 1. The summed E-state index contributed by atoms with van der Waals surface area (Å²) in [6, 6.07) is 16.3. The van der Waals surface area contributed by atoms with Gasteiger partial charge in [-0.3, -0.25) is 4.99 Å². The van der Waals surface area contributed by atoms with Crippen LogP contribution in [0.1, 0.15) is 11.6 Å². The van der Waals surface area contributed by atoms with E-state index in [9.17, 15) is 0 Å². The van der Waals surface area contributed by atoms with Crippen LogP contribution in [-0.2, 0) is 0 Å². The van der Waals surface area contributed by atoms with E-state index in [1.807, 2.05) is 36.4 Å². The van der Waals surface area contributed by atoms with E-state index in [-0.39, 0.29) is 6.04 Å². The van der Waals surface area contributed by atoms with Gasteiger partial charge in [-0.05, 0) is 45.8 Å². The van der Waals surface area contributed by atoms with Crippen molar-refractivity contribution in [3.63, 3.8) is 0 Å². The SMILES string of the molecule is COc1ccc(C2CN=C(N)N2c2ccccc2)cc1Br. The third-order valence-corrected chi connectivity index (χ3v) is 4.20. The van der Waals surface area contributed by atoms with Gasteiger partial charge in [0.1, 0.15) is 5.75 Å². The third kappa shape index (κ3) is 2.61. The monoisotopic (exact) mass is 345 g/mol. The Labute approximate surface area is 132 Å². The van der Waals surface area contributed by atoms with Crippen LogP contribution in [0.25, 0.3) is 0 Å². The first-order chi connectivity index (χ1) is 10.2.